The lowest BCUT2D eigenvalue weighted by molar-refractivity contribution is -0.132. The molecule has 0 fully saturated rings. The van der Waals surface area contributed by atoms with Crippen molar-refractivity contribution < 1.29 is 14.3 Å². The van der Waals surface area contributed by atoms with Crippen molar-refractivity contribution in [2.24, 2.45) is 5.73 Å². The van der Waals surface area contributed by atoms with Crippen LogP contribution in [0.5, 0.6) is 0 Å². The van der Waals surface area contributed by atoms with Crippen LogP contribution in [-0.4, -0.2) is 52.5 Å². The van der Waals surface area contributed by atoms with Gasteiger partial charge in [-0.3, -0.25) is 4.79 Å². The van der Waals surface area contributed by atoms with Crippen LogP contribution in [0.3, 0.4) is 0 Å². The zero-order valence-electron chi connectivity index (χ0n) is 11.6. The fourth-order valence-electron chi connectivity index (χ4n) is 1.65. The third-order valence-electron chi connectivity index (χ3n) is 2.62. The summed E-state index contributed by atoms with van der Waals surface area (Å²) in [4.78, 5) is 25.0. The normalized spacial score (nSPS) is 12.1. The van der Waals surface area contributed by atoms with Gasteiger partial charge in [-0.15, -0.1) is 5.10 Å². The van der Waals surface area contributed by atoms with E-state index in [1.807, 2.05) is 0 Å². The van der Waals surface area contributed by atoms with E-state index in [0.29, 0.717) is 5.69 Å². The number of aromatic nitrogens is 3. The minimum atomic E-state index is -0.585. The summed E-state index contributed by atoms with van der Waals surface area (Å²) in [5.74, 6) is -0.742. The molecule has 1 unspecified atom stereocenters. The minimum absolute atomic E-state index is 0.0478. The van der Waals surface area contributed by atoms with E-state index in [2.05, 4.69) is 10.3 Å². The third-order valence-corrected chi connectivity index (χ3v) is 2.62. The lowest BCUT2D eigenvalue weighted by Gasteiger charge is -2.18. The molecule has 0 spiro atoms. The molecule has 2 N–H and O–H groups in total. The maximum absolute atomic E-state index is 11.9. The number of carbonyl (C=O) groups excluding carboxylic acids is 2. The number of amides is 1. The zero-order valence-corrected chi connectivity index (χ0v) is 11.6. The summed E-state index contributed by atoms with van der Waals surface area (Å²) in [5.41, 5.74) is 6.06. The Labute approximate surface area is 111 Å². The Bertz CT molecular complexity index is 469. The molecule has 0 aromatic carbocycles. The van der Waals surface area contributed by atoms with E-state index in [4.69, 9.17) is 10.5 Å². The third kappa shape index (κ3) is 3.08. The standard InChI is InChI=1S/C11H19N5O3/c1-5-19-11(18)9-8(6-12)16(14-13-9)7(2)10(17)15(3)4/h7H,5-6,12H2,1-4H3. The number of ether oxygens (including phenoxy) is 1. The van der Waals surface area contributed by atoms with Gasteiger partial charge in [0.05, 0.1) is 12.3 Å². The Hall–Kier alpha value is -1.96. The van der Waals surface area contributed by atoms with Crippen LogP contribution in [0.2, 0.25) is 0 Å². The lowest BCUT2D eigenvalue weighted by Crippen LogP contribution is -2.31. The van der Waals surface area contributed by atoms with Crippen molar-refractivity contribution >= 4 is 11.9 Å². The molecule has 1 rings (SSSR count). The Morgan fingerprint density at radius 2 is 2.11 bits per heavy atom. The minimum Gasteiger partial charge on any atom is -0.461 e. The van der Waals surface area contributed by atoms with Gasteiger partial charge in [0.1, 0.15) is 6.04 Å². The summed E-state index contributed by atoms with van der Waals surface area (Å²) in [6.07, 6.45) is 0. The summed E-state index contributed by atoms with van der Waals surface area (Å²) in [6.45, 7) is 3.65. The predicted molar refractivity (Wildman–Crippen MR) is 67.3 cm³/mol. The first kappa shape index (κ1) is 15.1. The largest absolute Gasteiger partial charge is 0.461 e. The summed E-state index contributed by atoms with van der Waals surface area (Å²) in [6, 6.07) is -0.579. The number of rotatable bonds is 5. The molecular formula is C11H19N5O3. The molecule has 8 nitrogen and oxygen atoms in total. The summed E-state index contributed by atoms with van der Waals surface area (Å²) in [5, 5.41) is 7.59. The van der Waals surface area contributed by atoms with Crippen LogP contribution in [0.15, 0.2) is 0 Å². The van der Waals surface area contributed by atoms with E-state index in [9.17, 15) is 9.59 Å². The highest BCUT2D eigenvalue weighted by molar-refractivity contribution is 5.88. The highest BCUT2D eigenvalue weighted by Gasteiger charge is 2.26. The second kappa shape index (κ2) is 6.28. The molecular weight excluding hydrogens is 250 g/mol. The molecule has 0 saturated heterocycles. The Morgan fingerprint density at radius 3 is 2.58 bits per heavy atom. The van der Waals surface area contributed by atoms with Crippen molar-refractivity contribution in [3.05, 3.63) is 11.4 Å². The summed E-state index contributed by atoms with van der Waals surface area (Å²) < 4.78 is 6.22. The SMILES string of the molecule is CCOC(=O)c1nnn(C(C)C(=O)N(C)C)c1CN. The fourth-order valence-corrected chi connectivity index (χ4v) is 1.65. The summed E-state index contributed by atoms with van der Waals surface area (Å²) in [7, 11) is 3.29. The summed E-state index contributed by atoms with van der Waals surface area (Å²) >= 11 is 0. The van der Waals surface area contributed by atoms with E-state index in [1.165, 1.54) is 9.58 Å². The van der Waals surface area contributed by atoms with E-state index < -0.39 is 12.0 Å². The fraction of sp³-hybridized carbons (Fsp3) is 0.636. The van der Waals surface area contributed by atoms with Gasteiger partial charge in [-0.05, 0) is 13.8 Å². The molecule has 0 bridgehead atoms. The quantitative estimate of drug-likeness (QED) is 0.727. The Morgan fingerprint density at radius 1 is 1.47 bits per heavy atom. The Kier molecular flexibility index (Phi) is 4.99. The number of hydrogen-bond donors (Lipinski definition) is 1. The van der Waals surface area contributed by atoms with Crippen LogP contribution in [0.25, 0.3) is 0 Å². The van der Waals surface area contributed by atoms with Gasteiger partial charge in [0.25, 0.3) is 0 Å². The molecule has 0 saturated carbocycles. The van der Waals surface area contributed by atoms with E-state index >= 15 is 0 Å². The monoisotopic (exact) mass is 269 g/mol. The van der Waals surface area contributed by atoms with Crippen molar-refractivity contribution in [2.75, 3.05) is 20.7 Å². The Balaban J connectivity index is 3.10. The topological polar surface area (TPSA) is 103 Å². The van der Waals surface area contributed by atoms with Crippen LogP contribution >= 0.6 is 0 Å². The van der Waals surface area contributed by atoms with Crippen LogP contribution in [-0.2, 0) is 16.1 Å². The first-order chi connectivity index (χ1) is 8.93. The molecule has 0 aliphatic rings. The molecule has 0 radical (unpaired) electrons. The predicted octanol–water partition coefficient (Wildman–Crippen LogP) is -0.437. The molecule has 0 aliphatic carbocycles. The maximum Gasteiger partial charge on any atom is 0.360 e. The van der Waals surface area contributed by atoms with Crippen molar-refractivity contribution in [1.29, 1.82) is 0 Å². The number of likely N-dealkylation sites (N-methyl/N-ethyl adjacent to an activating group) is 1. The smallest absolute Gasteiger partial charge is 0.360 e. The molecule has 1 amide bonds. The van der Waals surface area contributed by atoms with Gasteiger partial charge in [0.2, 0.25) is 5.91 Å². The maximum atomic E-state index is 11.9. The molecule has 1 atom stereocenters. The first-order valence-corrected chi connectivity index (χ1v) is 5.96. The molecule has 1 aromatic rings. The van der Waals surface area contributed by atoms with Crippen LogP contribution < -0.4 is 5.73 Å². The average Bonchev–Trinajstić information content (AvgIpc) is 2.80. The van der Waals surface area contributed by atoms with Gasteiger partial charge in [0.15, 0.2) is 5.69 Å². The molecule has 19 heavy (non-hydrogen) atoms. The van der Waals surface area contributed by atoms with E-state index in [0.717, 1.165) is 0 Å². The molecule has 106 valence electrons. The highest BCUT2D eigenvalue weighted by Crippen LogP contribution is 2.14. The second-order valence-electron chi connectivity index (χ2n) is 4.16. The first-order valence-electron chi connectivity index (χ1n) is 5.96. The average molecular weight is 269 g/mol. The van der Waals surface area contributed by atoms with Crippen molar-refractivity contribution in [2.45, 2.75) is 26.4 Å². The van der Waals surface area contributed by atoms with Gasteiger partial charge >= 0.3 is 5.97 Å². The lowest BCUT2D eigenvalue weighted by atomic mass is 10.2. The second-order valence-corrected chi connectivity index (χ2v) is 4.16. The van der Waals surface area contributed by atoms with Gasteiger partial charge in [-0.1, -0.05) is 5.21 Å². The van der Waals surface area contributed by atoms with Crippen LogP contribution in [0.4, 0.5) is 0 Å². The van der Waals surface area contributed by atoms with Crippen LogP contribution in [0.1, 0.15) is 36.1 Å². The van der Waals surface area contributed by atoms with E-state index in [-0.39, 0.29) is 24.8 Å². The van der Waals surface area contributed by atoms with E-state index in [1.54, 1.807) is 27.9 Å². The number of hydrogen-bond acceptors (Lipinski definition) is 6. The molecule has 1 heterocycles. The molecule has 0 aliphatic heterocycles. The number of nitrogens with zero attached hydrogens (tertiary/aromatic N) is 4. The van der Waals surface area contributed by atoms with Gasteiger partial charge in [0, 0.05) is 20.6 Å². The van der Waals surface area contributed by atoms with Crippen molar-refractivity contribution in [3.8, 4) is 0 Å². The van der Waals surface area contributed by atoms with Gasteiger partial charge in [-0.25, -0.2) is 9.48 Å². The van der Waals surface area contributed by atoms with Gasteiger partial charge < -0.3 is 15.4 Å². The van der Waals surface area contributed by atoms with Crippen molar-refractivity contribution in [1.82, 2.24) is 19.9 Å². The van der Waals surface area contributed by atoms with Crippen molar-refractivity contribution in [3.63, 3.8) is 0 Å². The van der Waals surface area contributed by atoms with Crippen LogP contribution in [0, 0.1) is 0 Å². The van der Waals surface area contributed by atoms with Gasteiger partial charge in [-0.2, -0.15) is 0 Å². The zero-order chi connectivity index (χ0) is 14.6. The number of nitrogens with two attached hydrogens (primary N) is 1. The molecule has 1 aromatic heterocycles. The number of esters is 1. The number of carbonyl (C=O) groups is 2. The highest BCUT2D eigenvalue weighted by atomic mass is 16.5. The molecule has 8 heteroatoms.